The Balaban J connectivity index is 1.45. The largest absolute Gasteiger partial charge is 0.361 e. The second-order valence-electron chi connectivity index (χ2n) is 6.44. The molecule has 1 aliphatic rings. The summed E-state index contributed by atoms with van der Waals surface area (Å²) in [7, 11) is 0. The van der Waals surface area contributed by atoms with Crippen LogP contribution in [-0.2, 0) is 16.0 Å². The molecular formula is C20H18FN3O2. The van der Waals surface area contributed by atoms with Crippen molar-refractivity contribution < 1.29 is 14.0 Å². The van der Waals surface area contributed by atoms with Crippen LogP contribution in [0.1, 0.15) is 23.5 Å². The van der Waals surface area contributed by atoms with Crippen LogP contribution in [0.5, 0.6) is 0 Å². The molecule has 6 heteroatoms. The summed E-state index contributed by atoms with van der Waals surface area (Å²) in [5, 5.41) is 6.66. The molecule has 0 saturated heterocycles. The fourth-order valence-electron chi connectivity index (χ4n) is 3.45. The van der Waals surface area contributed by atoms with E-state index in [4.69, 9.17) is 0 Å². The third-order valence-corrected chi connectivity index (χ3v) is 4.74. The van der Waals surface area contributed by atoms with E-state index in [1.165, 1.54) is 12.1 Å². The lowest BCUT2D eigenvalue weighted by Crippen LogP contribution is -2.36. The van der Waals surface area contributed by atoms with E-state index in [9.17, 15) is 14.0 Å². The quantitative estimate of drug-likeness (QED) is 0.676. The number of anilines is 1. The van der Waals surface area contributed by atoms with Crippen molar-refractivity contribution in [1.82, 2.24) is 10.3 Å². The standard InChI is InChI=1S/C20H18FN3O2/c21-13-5-6-15-16(10-19(25)24-18(15)9-13)20(26)22-8-7-12-11-23-17-4-2-1-3-14(12)17/h1-6,9,11,16,23H,7-8,10H2,(H,22,26)(H,24,25). The number of para-hydroxylation sites is 1. The minimum atomic E-state index is -0.595. The summed E-state index contributed by atoms with van der Waals surface area (Å²) in [6.45, 7) is 0.468. The van der Waals surface area contributed by atoms with Crippen LogP contribution in [0.3, 0.4) is 0 Å². The molecule has 1 unspecified atom stereocenters. The van der Waals surface area contributed by atoms with Crippen LogP contribution in [0.2, 0.25) is 0 Å². The Kier molecular flexibility index (Phi) is 4.16. The van der Waals surface area contributed by atoms with Crippen molar-refractivity contribution in [3.63, 3.8) is 0 Å². The summed E-state index contributed by atoms with van der Waals surface area (Å²) >= 11 is 0. The van der Waals surface area contributed by atoms with E-state index in [1.54, 1.807) is 6.07 Å². The van der Waals surface area contributed by atoms with Crippen molar-refractivity contribution in [3.8, 4) is 0 Å². The van der Waals surface area contributed by atoms with E-state index < -0.39 is 11.7 Å². The third-order valence-electron chi connectivity index (χ3n) is 4.74. The van der Waals surface area contributed by atoms with E-state index in [0.717, 1.165) is 16.5 Å². The SMILES string of the molecule is O=C1CC(C(=O)NCCc2c[nH]c3ccccc23)c2ccc(F)cc2N1. The Morgan fingerprint density at radius 2 is 2.08 bits per heavy atom. The topological polar surface area (TPSA) is 74.0 Å². The molecule has 3 aromatic rings. The van der Waals surface area contributed by atoms with Gasteiger partial charge in [0.1, 0.15) is 5.82 Å². The second-order valence-corrected chi connectivity index (χ2v) is 6.44. The highest BCUT2D eigenvalue weighted by molar-refractivity contribution is 6.01. The normalized spacial score (nSPS) is 16.2. The predicted molar refractivity (Wildman–Crippen MR) is 97.4 cm³/mol. The second kappa shape index (κ2) is 6.63. The van der Waals surface area contributed by atoms with Gasteiger partial charge < -0.3 is 15.6 Å². The van der Waals surface area contributed by atoms with Crippen LogP contribution in [0.4, 0.5) is 10.1 Å². The van der Waals surface area contributed by atoms with Crippen molar-refractivity contribution >= 4 is 28.4 Å². The summed E-state index contributed by atoms with van der Waals surface area (Å²) < 4.78 is 13.4. The molecule has 3 N–H and O–H groups in total. The molecule has 0 spiro atoms. The first-order valence-corrected chi connectivity index (χ1v) is 8.54. The fourth-order valence-corrected chi connectivity index (χ4v) is 3.45. The Bertz CT molecular complexity index is 996. The Morgan fingerprint density at radius 3 is 2.96 bits per heavy atom. The number of nitrogens with one attached hydrogen (secondary N) is 3. The van der Waals surface area contributed by atoms with Crippen LogP contribution >= 0.6 is 0 Å². The van der Waals surface area contributed by atoms with Gasteiger partial charge in [-0.25, -0.2) is 4.39 Å². The zero-order valence-electron chi connectivity index (χ0n) is 14.0. The number of carbonyl (C=O) groups excluding carboxylic acids is 2. The lowest BCUT2D eigenvalue weighted by atomic mass is 9.89. The number of halogens is 1. The van der Waals surface area contributed by atoms with E-state index in [1.807, 2.05) is 30.5 Å². The summed E-state index contributed by atoms with van der Waals surface area (Å²) in [5.41, 5.74) is 3.21. The summed E-state index contributed by atoms with van der Waals surface area (Å²) in [5.74, 6) is -1.53. The number of rotatable bonds is 4. The fraction of sp³-hybridized carbons (Fsp3) is 0.200. The van der Waals surface area contributed by atoms with E-state index in [-0.39, 0.29) is 18.2 Å². The molecular weight excluding hydrogens is 333 g/mol. The van der Waals surface area contributed by atoms with E-state index in [0.29, 0.717) is 24.2 Å². The van der Waals surface area contributed by atoms with Crippen molar-refractivity contribution in [2.24, 2.45) is 0 Å². The zero-order chi connectivity index (χ0) is 18.1. The van der Waals surface area contributed by atoms with Gasteiger partial charge in [-0.15, -0.1) is 0 Å². The lowest BCUT2D eigenvalue weighted by Gasteiger charge is -2.24. The molecule has 0 bridgehead atoms. The molecule has 4 rings (SSSR count). The van der Waals surface area contributed by atoms with Crippen molar-refractivity contribution in [2.45, 2.75) is 18.8 Å². The zero-order valence-corrected chi connectivity index (χ0v) is 14.0. The van der Waals surface area contributed by atoms with Crippen LogP contribution < -0.4 is 10.6 Å². The van der Waals surface area contributed by atoms with Gasteiger partial charge in [0, 0.05) is 35.8 Å². The van der Waals surface area contributed by atoms with Crippen LogP contribution in [0.15, 0.2) is 48.7 Å². The molecule has 2 heterocycles. The molecule has 132 valence electrons. The van der Waals surface area contributed by atoms with Crippen LogP contribution in [0, 0.1) is 5.82 Å². The van der Waals surface area contributed by atoms with Gasteiger partial charge in [-0.1, -0.05) is 24.3 Å². The molecule has 1 atom stereocenters. The van der Waals surface area contributed by atoms with Gasteiger partial charge in [-0.3, -0.25) is 9.59 Å². The summed E-state index contributed by atoms with van der Waals surface area (Å²) in [6, 6.07) is 12.1. The van der Waals surface area contributed by atoms with Crippen molar-refractivity contribution in [2.75, 3.05) is 11.9 Å². The average molecular weight is 351 g/mol. The van der Waals surface area contributed by atoms with E-state index >= 15 is 0 Å². The molecule has 2 amide bonds. The highest BCUT2D eigenvalue weighted by atomic mass is 19.1. The molecule has 1 aromatic heterocycles. The number of hydrogen-bond acceptors (Lipinski definition) is 2. The maximum atomic E-state index is 13.4. The van der Waals surface area contributed by atoms with Gasteiger partial charge in [0.2, 0.25) is 11.8 Å². The number of aromatic nitrogens is 1. The first-order valence-electron chi connectivity index (χ1n) is 8.54. The number of benzene rings is 2. The van der Waals surface area contributed by atoms with Gasteiger partial charge in [-0.2, -0.15) is 0 Å². The molecule has 0 aliphatic carbocycles. The molecule has 26 heavy (non-hydrogen) atoms. The highest BCUT2D eigenvalue weighted by Gasteiger charge is 2.30. The molecule has 5 nitrogen and oxygen atoms in total. The molecule has 0 saturated carbocycles. The molecule has 0 fully saturated rings. The Hall–Kier alpha value is -3.15. The number of H-pyrrole nitrogens is 1. The minimum Gasteiger partial charge on any atom is -0.361 e. The van der Waals surface area contributed by atoms with Gasteiger partial charge in [0.25, 0.3) is 0 Å². The lowest BCUT2D eigenvalue weighted by molar-refractivity contribution is -0.126. The van der Waals surface area contributed by atoms with Gasteiger partial charge in [0.05, 0.1) is 5.92 Å². The number of carbonyl (C=O) groups is 2. The van der Waals surface area contributed by atoms with Gasteiger partial charge in [0.15, 0.2) is 0 Å². The number of aromatic amines is 1. The predicted octanol–water partition coefficient (Wildman–Crippen LogP) is 3.09. The maximum Gasteiger partial charge on any atom is 0.228 e. The summed E-state index contributed by atoms with van der Waals surface area (Å²) in [6.07, 6.45) is 2.70. The number of fused-ring (bicyclic) bond motifs is 2. The third kappa shape index (κ3) is 3.06. The first-order chi connectivity index (χ1) is 12.6. The minimum absolute atomic E-state index is 0.0670. The van der Waals surface area contributed by atoms with Crippen molar-refractivity contribution in [1.29, 1.82) is 0 Å². The van der Waals surface area contributed by atoms with Gasteiger partial charge >= 0.3 is 0 Å². The Morgan fingerprint density at radius 1 is 1.23 bits per heavy atom. The number of hydrogen-bond donors (Lipinski definition) is 3. The van der Waals surface area contributed by atoms with Crippen LogP contribution in [0.25, 0.3) is 10.9 Å². The summed E-state index contributed by atoms with van der Waals surface area (Å²) in [4.78, 5) is 27.6. The smallest absolute Gasteiger partial charge is 0.228 e. The highest BCUT2D eigenvalue weighted by Crippen LogP contribution is 2.32. The molecule has 2 aromatic carbocycles. The maximum absolute atomic E-state index is 13.4. The monoisotopic (exact) mass is 351 g/mol. The average Bonchev–Trinajstić information content (AvgIpc) is 3.04. The number of amides is 2. The van der Waals surface area contributed by atoms with Gasteiger partial charge in [-0.05, 0) is 35.7 Å². The van der Waals surface area contributed by atoms with E-state index in [2.05, 4.69) is 15.6 Å². The Labute approximate surface area is 149 Å². The first kappa shape index (κ1) is 16.3. The molecule has 0 radical (unpaired) electrons. The molecule has 1 aliphatic heterocycles. The van der Waals surface area contributed by atoms with Crippen molar-refractivity contribution in [3.05, 3.63) is 65.6 Å². The van der Waals surface area contributed by atoms with Crippen LogP contribution in [-0.4, -0.2) is 23.3 Å².